The molecule has 2 aromatic heterocycles. The van der Waals surface area contributed by atoms with Crippen LogP contribution >= 0.6 is 0 Å². The van der Waals surface area contributed by atoms with Gasteiger partial charge in [-0.2, -0.15) is 0 Å². The zero-order valence-corrected chi connectivity index (χ0v) is 15.7. The van der Waals surface area contributed by atoms with E-state index in [-0.39, 0.29) is 0 Å². The third-order valence-electron chi connectivity index (χ3n) is 3.62. The number of anilines is 1. The number of nitrogens with one attached hydrogen (secondary N) is 2. The highest BCUT2D eigenvalue weighted by atomic mass is 16.6. The molecule has 7 heteroatoms. The molecular weight excluding hydrogens is 342 g/mol. The molecule has 0 aliphatic heterocycles. The second-order valence-electron chi connectivity index (χ2n) is 7.04. The first kappa shape index (κ1) is 18.6. The van der Waals surface area contributed by atoms with Crippen molar-refractivity contribution in [3.8, 4) is 11.3 Å². The van der Waals surface area contributed by atoms with Gasteiger partial charge >= 0.3 is 6.09 Å². The molecule has 140 valence electrons. The average Bonchev–Trinajstić information content (AvgIpc) is 2.64. The molecule has 0 aliphatic carbocycles. The van der Waals surface area contributed by atoms with Crippen LogP contribution in [0.4, 0.5) is 10.7 Å². The Morgan fingerprint density at radius 3 is 2.74 bits per heavy atom. The number of carbonyl (C=O) groups excluding carboxylic acids is 1. The predicted molar refractivity (Wildman–Crippen MR) is 105 cm³/mol. The van der Waals surface area contributed by atoms with Crippen molar-refractivity contribution in [3.05, 3.63) is 48.8 Å². The lowest BCUT2D eigenvalue weighted by Crippen LogP contribution is -2.35. The third kappa shape index (κ3) is 5.37. The van der Waals surface area contributed by atoms with Crippen LogP contribution in [-0.2, 0) is 4.74 Å². The first-order valence-electron chi connectivity index (χ1n) is 8.80. The van der Waals surface area contributed by atoms with Crippen molar-refractivity contribution < 1.29 is 9.53 Å². The van der Waals surface area contributed by atoms with Gasteiger partial charge in [0.25, 0.3) is 0 Å². The molecular formula is C20H23N5O2. The van der Waals surface area contributed by atoms with E-state index in [2.05, 4.69) is 31.7 Å². The number of benzene rings is 1. The molecule has 0 saturated heterocycles. The zero-order valence-electron chi connectivity index (χ0n) is 15.7. The molecule has 0 unspecified atom stereocenters. The molecule has 0 saturated carbocycles. The fourth-order valence-electron chi connectivity index (χ4n) is 2.47. The monoisotopic (exact) mass is 365 g/mol. The summed E-state index contributed by atoms with van der Waals surface area (Å²) in [7, 11) is 0. The van der Waals surface area contributed by atoms with Crippen molar-refractivity contribution in [1.29, 1.82) is 0 Å². The number of hydrogen-bond donors (Lipinski definition) is 2. The van der Waals surface area contributed by atoms with Gasteiger partial charge in [-0.15, -0.1) is 0 Å². The number of ether oxygens (including phenoxy) is 1. The molecule has 0 atom stereocenters. The summed E-state index contributed by atoms with van der Waals surface area (Å²) in [6.45, 7) is 6.36. The number of nitrogens with zero attached hydrogens (tertiary/aromatic N) is 3. The van der Waals surface area contributed by atoms with Crippen molar-refractivity contribution in [2.75, 3.05) is 18.4 Å². The lowest BCUT2D eigenvalue weighted by atomic mass is 10.1. The van der Waals surface area contributed by atoms with Crippen LogP contribution in [0.2, 0.25) is 0 Å². The molecule has 1 amide bonds. The number of alkyl carbamates (subject to hydrolysis) is 1. The Hall–Kier alpha value is -3.22. The molecule has 0 aliphatic rings. The van der Waals surface area contributed by atoms with E-state index in [9.17, 15) is 4.79 Å². The normalized spacial score (nSPS) is 11.2. The van der Waals surface area contributed by atoms with E-state index in [1.807, 2.05) is 51.1 Å². The maximum absolute atomic E-state index is 11.6. The van der Waals surface area contributed by atoms with Gasteiger partial charge in [0.05, 0.1) is 11.2 Å². The number of para-hydroxylation sites is 1. The minimum absolute atomic E-state index is 0.403. The maximum atomic E-state index is 11.6. The van der Waals surface area contributed by atoms with Crippen molar-refractivity contribution >= 4 is 22.9 Å². The fraction of sp³-hybridized carbons (Fsp3) is 0.300. The van der Waals surface area contributed by atoms with Crippen LogP contribution in [-0.4, -0.2) is 39.7 Å². The minimum atomic E-state index is -0.511. The zero-order chi connectivity index (χ0) is 19.3. The number of hydrogen-bond acceptors (Lipinski definition) is 6. The predicted octanol–water partition coefficient (Wildman–Crippen LogP) is 3.63. The van der Waals surface area contributed by atoms with Crippen molar-refractivity contribution in [2.24, 2.45) is 0 Å². The van der Waals surface area contributed by atoms with Crippen LogP contribution in [0.25, 0.3) is 22.2 Å². The Bertz CT molecular complexity index is 937. The van der Waals surface area contributed by atoms with Gasteiger partial charge in [-0.1, -0.05) is 18.2 Å². The van der Waals surface area contributed by atoms with Crippen molar-refractivity contribution in [3.63, 3.8) is 0 Å². The van der Waals surface area contributed by atoms with Gasteiger partial charge in [0.15, 0.2) is 0 Å². The quantitative estimate of drug-likeness (QED) is 0.671. The van der Waals surface area contributed by atoms with Crippen LogP contribution < -0.4 is 10.6 Å². The van der Waals surface area contributed by atoms with Gasteiger partial charge < -0.3 is 15.4 Å². The third-order valence-corrected chi connectivity index (χ3v) is 3.62. The second-order valence-corrected chi connectivity index (χ2v) is 7.04. The van der Waals surface area contributed by atoms with E-state index in [1.54, 1.807) is 12.4 Å². The number of fused-ring (bicyclic) bond motifs is 1. The van der Waals surface area contributed by atoms with Crippen LogP contribution in [0.5, 0.6) is 0 Å². The summed E-state index contributed by atoms with van der Waals surface area (Å²) < 4.78 is 5.19. The summed E-state index contributed by atoms with van der Waals surface area (Å²) in [5, 5.41) is 6.84. The number of carbonyl (C=O) groups is 1. The Balaban J connectivity index is 1.59. The number of aromatic nitrogens is 3. The largest absolute Gasteiger partial charge is 0.444 e. The van der Waals surface area contributed by atoms with Crippen LogP contribution in [0.15, 0.2) is 48.8 Å². The molecule has 2 heterocycles. The summed E-state index contributed by atoms with van der Waals surface area (Å²) in [4.78, 5) is 24.8. The van der Waals surface area contributed by atoms with E-state index in [1.165, 1.54) is 0 Å². The van der Waals surface area contributed by atoms with Crippen LogP contribution in [0.3, 0.4) is 0 Å². The van der Waals surface area contributed by atoms with E-state index in [4.69, 9.17) is 4.74 Å². The molecule has 27 heavy (non-hydrogen) atoms. The van der Waals surface area contributed by atoms with E-state index in [0.717, 1.165) is 22.2 Å². The smallest absolute Gasteiger partial charge is 0.407 e. The van der Waals surface area contributed by atoms with Gasteiger partial charge in [-0.3, -0.25) is 4.98 Å². The molecule has 0 spiro atoms. The number of rotatable bonds is 5. The Morgan fingerprint density at radius 2 is 1.93 bits per heavy atom. The van der Waals surface area contributed by atoms with E-state index in [0.29, 0.717) is 19.0 Å². The highest BCUT2D eigenvalue weighted by Gasteiger charge is 2.15. The molecule has 3 rings (SSSR count). The maximum Gasteiger partial charge on any atom is 0.407 e. The molecule has 1 aromatic carbocycles. The first-order valence-corrected chi connectivity index (χ1v) is 8.80. The van der Waals surface area contributed by atoms with Gasteiger partial charge in [0, 0.05) is 36.4 Å². The Morgan fingerprint density at radius 1 is 1.11 bits per heavy atom. The summed E-state index contributed by atoms with van der Waals surface area (Å²) >= 11 is 0. The molecule has 3 aromatic rings. The topological polar surface area (TPSA) is 89.0 Å². The lowest BCUT2D eigenvalue weighted by Gasteiger charge is -2.19. The minimum Gasteiger partial charge on any atom is -0.444 e. The molecule has 0 bridgehead atoms. The van der Waals surface area contributed by atoms with Crippen molar-refractivity contribution in [1.82, 2.24) is 20.3 Å². The standard InChI is InChI=1S/C20H23N5O2/c1-20(2,3)27-19(26)23-11-10-22-18-21-9-8-17(25-18)15-12-14-6-4-5-7-16(14)24-13-15/h4-9,12-13H,10-11H2,1-3H3,(H,23,26)(H,21,22,25). The lowest BCUT2D eigenvalue weighted by molar-refractivity contribution is 0.0530. The van der Waals surface area contributed by atoms with Crippen molar-refractivity contribution in [2.45, 2.75) is 26.4 Å². The fourth-order valence-corrected chi connectivity index (χ4v) is 2.47. The average molecular weight is 365 g/mol. The Labute approximate surface area is 158 Å². The Kier molecular flexibility index (Phi) is 5.49. The second kappa shape index (κ2) is 7.99. The summed E-state index contributed by atoms with van der Waals surface area (Å²) in [6, 6.07) is 11.8. The summed E-state index contributed by atoms with van der Waals surface area (Å²) in [5.74, 6) is 0.492. The van der Waals surface area contributed by atoms with Crippen LogP contribution in [0, 0.1) is 0 Å². The van der Waals surface area contributed by atoms with E-state index >= 15 is 0 Å². The van der Waals surface area contributed by atoms with E-state index < -0.39 is 11.7 Å². The number of amides is 1. The van der Waals surface area contributed by atoms with Gasteiger partial charge in [-0.25, -0.2) is 14.8 Å². The van der Waals surface area contributed by atoms with Gasteiger partial charge in [-0.05, 0) is 39.0 Å². The summed E-state index contributed by atoms with van der Waals surface area (Å²) in [5.41, 5.74) is 2.14. The molecule has 2 N–H and O–H groups in total. The van der Waals surface area contributed by atoms with Crippen LogP contribution in [0.1, 0.15) is 20.8 Å². The van der Waals surface area contributed by atoms with Gasteiger partial charge in [0.1, 0.15) is 5.60 Å². The highest BCUT2D eigenvalue weighted by Crippen LogP contribution is 2.21. The molecule has 0 radical (unpaired) electrons. The number of pyridine rings is 1. The molecule has 0 fully saturated rings. The SMILES string of the molecule is CC(C)(C)OC(=O)NCCNc1nccc(-c2cnc3ccccc3c2)n1. The summed E-state index contributed by atoms with van der Waals surface area (Å²) in [6.07, 6.45) is 3.06. The van der Waals surface area contributed by atoms with Gasteiger partial charge in [0.2, 0.25) is 5.95 Å². The molecule has 7 nitrogen and oxygen atoms in total. The highest BCUT2D eigenvalue weighted by molar-refractivity contribution is 5.82. The first-order chi connectivity index (χ1) is 12.9.